The molecule has 0 bridgehead atoms. The maximum atomic E-state index is 11.2. The average molecular weight is 258 g/mol. The van der Waals surface area contributed by atoms with Crippen LogP contribution >= 0.6 is 0 Å². The van der Waals surface area contributed by atoms with Crippen molar-refractivity contribution in [2.45, 2.75) is 0 Å². The Kier molecular flexibility index (Phi) is 4.46. The van der Waals surface area contributed by atoms with Crippen molar-refractivity contribution >= 4 is 26.0 Å². The molecular weight excluding hydrogens is 251 g/mol. The second-order valence-corrected chi connectivity index (χ2v) is 4.58. The number of rotatable bonds is 1. The largest absolute Gasteiger partial charge is 1.00 e. The third-order valence-electron chi connectivity index (χ3n) is 2.21. The molecule has 0 saturated carbocycles. The summed E-state index contributed by atoms with van der Waals surface area (Å²) in [5.74, 6) is 0. The molecule has 0 aliphatic heterocycles. The van der Waals surface area contributed by atoms with Gasteiger partial charge in [0.1, 0.15) is 0 Å². The summed E-state index contributed by atoms with van der Waals surface area (Å²) in [7, 11) is -4.91. The van der Waals surface area contributed by atoms with Gasteiger partial charge < -0.3 is 4.55 Å². The maximum absolute atomic E-state index is 11.2. The summed E-state index contributed by atoms with van der Waals surface area (Å²) in [5, 5.41) is 0.206. The van der Waals surface area contributed by atoms with E-state index in [4.69, 9.17) is 0 Å². The standard InChI is InChI=1S/C11H8O4S.Na/c12-11(16(13,14)15)10-6-5-8-3-1-2-4-9(8)7-10;/h1-7H,(H,13,14,15);/q;+1/p-1. The van der Waals surface area contributed by atoms with Crippen LogP contribution in [-0.2, 0) is 10.1 Å². The molecule has 0 radical (unpaired) electrons. The van der Waals surface area contributed by atoms with Gasteiger partial charge >= 0.3 is 29.6 Å². The molecule has 0 fully saturated rings. The first-order chi connectivity index (χ1) is 7.48. The fourth-order valence-electron chi connectivity index (χ4n) is 1.46. The molecule has 0 aromatic heterocycles. The van der Waals surface area contributed by atoms with Crippen LogP contribution in [0.2, 0.25) is 0 Å². The van der Waals surface area contributed by atoms with Gasteiger partial charge in [-0.05, 0) is 22.9 Å². The van der Waals surface area contributed by atoms with Crippen LogP contribution in [0.15, 0.2) is 42.5 Å². The molecule has 2 aromatic carbocycles. The second kappa shape index (κ2) is 5.29. The van der Waals surface area contributed by atoms with Crippen molar-refractivity contribution < 1.29 is 47.3 Å². The van der Waals surface area contributed by atoms with E-state index >= 15 is 0 Å². The van der Waals surface area contributed by atoms with Crippen LogP contribution in [0.25, 0.3) is 10.8 Å². The predicted octanol–water partition coefficient (Wildman–Crippen LogP) is -1.47. The number of carbonyl (C=O) groups excluding carboxylic acids is 1. The van der Waals surface area contributed by atoms with Gasteiger partial charge in [-0.1, -0.05) is 30.3 Å². The van der Waals surface area contributed by atoms with E-state index in [0.717, 1.165) is 10.8 Å². The van der Waals surface area contributed by atoms with Crippen molar-refractivity contribution in [3.05, 3.63) is 48.0 Å². The van der Waals surface area contributed by atoms with Gasteiger partial charge in [-0.25, -0.2) is 8.42 Å². The molecule has 2 rings (SSSR count). The Labute approximate surface area is 121 Å². The maximum Gasteiger partial charge on any atom is 1.00 e. The summed E-state index contributed by atoms with van der Waals surface area (Å²) in [6.07, 6.45) is 0. The molecule has 2 aromatic rings. The average Bonchev–Trinajstić information content (AvgIpc) is 2.26. The van der Waals surface area contributed by atoms with E-state index in [-0.39, 0.29) is 35.1 Å². The SMILES string of the molecule is O=C(c1ccc2ccccc2c1)S(=O)(=O)[O-].[Na+]. The molecule has 0 saturated heterocycles. The Morgan fingerprint density at radius 1 is 1.00 bits per heavy atom. The van der Waals surface area contributed by atoms with Crippen LogP contribution in [0.3, 0.4) is 0 Å². The molecule has 82 valence electrons. The van der Waals surface area contributed by atoms with Crippen molar-refractivity contribution in [3.8, 4) is 0 Å². The Hall–Kier alpha value is -0.720. The quantitative estimate of drug-likeness (QED) is 0.462. The van der Waals surface area contributed by atoms with Crippen LogP contribution in [0.5, 0.6) is 0 Å². The number of hydrogen-bond acceptors (Lipinski definition) is 4. The van der Waals surface area contributed by atoms with Crippen molar-refractivity contribution in [2.24, 2.45) is 0 Å². The van der Waals surface area contributed by atoms with Gasteiger partial charge in [0.05, 0.1) is 0 Å². The van der Waals surface area contributed by atoms with Crippen molar-refractivity contribution in [3.63, 3.8) is 0 Å². The summed E-state index contributed by atoms with van der Waals surface area (Å²) in [4.78, 5) is 11.2. The number of fused-ring (bicyclic) bond motifs is 1. The summed E-state index contributed by atoms with van der Waals surface area (Å²) >= 11 is 0. The van der Waals surface area contributed by atoms with Crippen molar-refractivity contribution in [1.82, 2.24) is 0 Å². The Morgan fingerprint density at radius 3 is 2.18 bits per heavy atom. The topological polar surface area (TPSA) is 74.3 Å². The van der Waals surface area contributed by atoms with Gasteiger partial charge in [0, 0.05) is 5.56 Å². The molecule has 0 N–H and O–H groups in total. The van der Waals surface area contributed by atoms with Crippen molar-refractivity contribution in [2.75, 3.05) is 0 Å². The molecule has 0 unspecified atom stereocenters. The van der Waals surface area contributed by atoms with E-state index in [1.807, 2.05) is 12.1 Å². The van der Waals surface area contributed by atoms with Gasteiger partial charge in [0.25, 0.3) is 5.12 Å². The number of carbonyl (C=O) groups is 1. The van der Waals surface area contributed by atoms with Gasteiger partial charge in [-0.15, -0.1) is 0 Å². The molecule has 17 heavy (non-hydrogen) atoms. The van der Waals surface area contributed by atoms with E-state index in [0.29, 0.717) is 0 Å². The Bertz CT molecular complexity index is 664. The van der Waals surface area contributed by atoms with Crippen LogP contribution in [-0.4, -0.2) is 18.1 Å². The van der Waals surface area contributed by atoms with E-state index in [2.05, 4.69) is 0 Å². The number of hydrogen-bond donors (Lipinski definition) is 0. The van der Waals surface area contributed by atoms with Gasteiger partial charge in [0.2, 0.25) is 0 Å². The zero-order valence-corrected chi connectivity index (χ0v) is 11.9. The van der Waals surface area contributed by atoms with Crippen LogP contribution < -0.4 is 29.6 Å². The third kappa shape index (κ3) is 3.14. The van der Waals surface area contributed by atoms with Gasteiger partial charge in [-0.3, -0.25) is 4.79 Å². The van der Waals surface area contributed by atoms with E-state index < -0.39 is 15.2 Å². The molecule has 4 nitrogen and oxygen atoms in total. The number of benzene rings is 2. The van der Waals surface area contributed by atoms with Crippen molar-refractivity contribution in [1.29, 1.82) is 0 Å². The van der Waals surface area contributed by atoms with Gasteiger partial charge in [0.15, 0.2) is 10.1 Å². The van der Waals surface area contributed by atoms with Crippen LogP contribution in [0.1, 0.15) is 10.4 Å². The smallest absolute Gasteiger partial charge is 0.742 e. The first-order valence-corrected chi connectivity index (χ1v) is 5.88. The fraction of sp³-hybridized carbons (Fsp3) is 0. The first kappa shape index (κ1) is 14.3. The molecule has 6 heteroatoms. The monoisotopic (exact) mass is 258 g/mol. The van der Waals surface area contributed by atoms with Crippen LogP contribution in [0, 0.1) is 0 Å². The molecule has 0 atom stereocenters. The van der Waals surface area contributed by atoms with E-state index in [9.17, 15) is 17.8 Å². The van der Waals surface area contributed by atoms with E-state index in [1.165, 1.54) is 12.1 Å². The van der Waals surface area contributed by atoms with E-state index in [1.54, 1.807) is 18.2 Å². The molecule has 0 spiro atoms. The summed E-state index contributed by atoms with van der Waals surface area (Å²) in [6.45, 7) is 0. The minimum absolute atomic E-state index is 0. The molecule has 0 amide bonds. The minimum atomic E-state index is -4.91. The molecule has 0 aliphatic carbocycles. The molecular formula is C11H7NaO4S. The zero-order chi connectivity index (χ0) is 11.8. The Morgan fingerprint density at radius 2 is 1.59 bits per heavy atom. The summed E-state index contributed by atoms with van der Waals surface area (Å²) in [6, 6.07) is 11.5. The predicted molar refractivity (Wildman–Crippen MR) is 58.0 cm³/mol. The van der Waals surface area contributed by atoms with Crippen LogP contribution in [0.4, 0.5) is 0 Å². The molecule has 0 aliphatic rings. The zero-order valence-electron chi connectivity index (χ0n) is 9.08. The molecule has 0 heterocycles. The first-order valence-electron chi connectivity index (χ1n) is 4.47. The minimum Gasteiger partial charge on any atom is -0.742 e. The normalized spacial score (nSPS) is 10.9. The fourth-order valence-corrected chi connectivity index (χ4v) is 1.88. The summed E-state index contributed by atoms with van der Waals surface area (Å²) < 4.78 is 31.7. The third-order valence-corrected chi connectivity index (χ3v) is 2.90. The van der Waals surface area contributed by atoms with Gasteiger partial charge in [-0.2, -0.15) is 0 Å². The second-order valence-electron chi connectivity index (χ2n) is 3.30. The Balaban J connectivity index is 0.00000144. The summed E-state index contributed by atoms with van der Waals surface area (Å²) in [5.41, 5.74) is -0.103.